The Balaban J connectivity index is 2.66. The first-order chi connectivity index (χ1) is 6.79. The Bertz CT molecular complexity index is 294. The van der Waals surface area contributed by atoms with Crippen molar-refractivity contribution in [2.24, 2.45) is 5.73 Å². The maximum Gasteiger partial charge on any atom is 0.250 e. The van der Waals surface area contributed by atoms with E-state index in [0.29, 0.717) is 12.2 Å². The Kier molecular flexibility index (Phi) is 4.28. The molecule has 0 fully saturated rings. The molecule has 14 heavy (non-hydrogen) atoms. The number of aromatic nitrogens is 1. The molecule has 78 valence electrons. The second kappa shape index (κ2) is 5.51. The van der Waals surface area contributed by atoms with Gasteiger partial charge in [0, 0.05) is 25.4 Å². The van der Waals surface area contributed by atoms with Crippen molar-refractivity contribution in [3.8, 4) is 5.88 Å². The van der Waals surface area contributed by atoms with Crippen molar-refractivity contribution < 1.29 is 13.9 Å². The second-order valence-electron chi connectivity index (χ2n) is 2.63. The number of halogens is 1. The van der Waals surface area contributed by atoms with Crippen LogP contribution in [-0.2, 0) is 11.3 Å². The van der Waals surface area contributed by atoms with Crippen molar-refractivity contribution in [3.05, 3.63) is 23.6 Å². The molecule has 0 aliphatic carbocycles. The normalized spacial score (nSPS) is 10.2. The van der Waals surface area contributed by atoms with E-state index in [-0.39, 0.29) is 19.0 Å². The van der Waals surface area contributed by atoms with Gasteiger partial charge in [-0.3, -0.25) is 0 Å². The van der Waals surface area contributed by atoms with Gasteiger partial charge in [0.2, 0.25) is 0 Å². The summed E-state index contributed by atoms with van der Waals surface area (Å²) in [5.74, 6) is -0.517. The molecule has 0 radical (unpaired) electrons. The van der Waals surface area contributed by atoms with Crippen LogP contribution in [0.5, 0.6) is 5.88 Å². The van der Waals surface area contributed by atoms with Gasteiger partial charge >= 0.3 is 0 Å². The highest BCUT2D eigenvalue weighted by atomic mass is 19.1. The van der Waals surface area contributed by atoms with E-state index in [0.717, 1.165) is 0 Å². The first-order valence-electron chi connectivity index (χ1n) is 4.24. The van der Waals surface area contributed by atoms with Crippen molar-refractivity contribution in [2.45, 2.75) is 6.54 Å². The lowest BCUT2D eigenvalue weighted by atomic mass is 10.2. The monoisotopic (exact) mass is 200 g/mol. The molecule has 1 rings (SSSR count). The Morgan fingerprint density at radius 1 is 1.50 bits per heavy atom. The van der Waals surface area contributed by atoms with Gasteiger partial charge in [0.15, 0.2) is 5.82 Å². The van der Waals surface area contributed by atoms with E-state index in [4.69, 9.17) is 15.2 Å². The molecule has 0 spiro atoms. The number of rotatable bonds is 5. The molecule has 0 aliphatic rings. The van der Waals surface area contributed by atoms with E-state index < -0.39 is 5.82 Å². The third-order valence-electron chi connectivity index (χ3n) is 1.68. The van der Waals surface area contributed by atoms with Crippen LogP contribution in [0.15, 0.2) is 12.3 Å². The zero-order chi connectivity index (χ0) is 10.4. The number of hydrogen-bond donors (Lipinski definition) is 1. The van der Waals surface area contributed by atoms with E-state index >= 15 is 0 Å². The molecule has 1 aromatic heterocycles. The van der Waals surface area contributed by atoms with Crippen molar-refractivity contribution in [3.63, 3.8) is 0 Å². The minimum atomic E-state index is -0.494. The van der Waals surface area contributed by atoms with Crippen LogP contribution in [0.1, 0.15) is 5.56 Å². The maximum absolute atomic E-state index is 13.4. The van der Waals surface area contributed by atoms with Gasteiger partial charge in [-0.15, -0.1) is 0 Å². The van der Waals surface area contributed by atoms with Gasteiger partial charge in [-0.1, -0.05) is 0 Å². The topological polar surface area (TPSA) is 57.4 Å². The first kappa shape index (κ1) is 10.9. The zero-order valence-corrected chi connectivity index (χ0v) is 8.00. The summed E-state index contributed by atoms with van der Waals surface area (Å²) in [6, 6.07) is 1.53. The smallest absolute Gasteiger partial charge is 0.250 e. The van der Waals surface area contributed by atoms with Gasteiger partial charge in [0.1, 0.15) is 6.61 Å². The molecular weight excluding hydrogens is 187 g/mol. The summed E-state index contributed by atoms with van der Waals surface area (Å²) in [6.07, 6.45) is 1.47. The quantitative estimate of drug-likeness (QED) is 0.711. The minimum absolute atomic E-state index is 0.0231. The second-order valence-corrected chi connectivity index (χ2v) is 2.63. The molecular formula is C9H13FN2O2. The van der Waals surface area contributed by atoms with Crippen molar-refractivity contribution in [1.82, 2.24) is 4.98 Å². The van der Waals surface area contributed by atoms with E-state index in [9.17, 15) is 4.39 Å². The predicted molar refractivity (Wildman–Crippen MR) is 49.5 cm³/mol. The number of hydrogen-bond acceptors (Lipinski definition) is 4. The Morgan fingerprint density at radius 3 is 2.93 bits per heavy atom. The van der Waals surface area contributed by atoms with Crippen LogP contribution in [0.2, 0.25) is 0 Å². The number of ether oxygens (including phenoxy) is 2. The molecule has 1 heterocycles. The molecule has 0 unspecified atom stereocenters. The average molecular weight is 200 g/mol. The third-order valence-corrected chi connectivity index (χ3v) is 1.68. The standard InChI is InChI=1S/C9H13FN2O2/c1-13-4-5-14-9-8(10)7(6-11)2-3-12-9/h2-3H,4-6,11H2,1H3. The highest BCUT2D eigenvalue weighted by Crippen LogP contribution is 2.16. The van der Waals surface area contributed by atoms with Crippen LogP contribution >= 0.6 is 0 Å². The Labute approximate surface area is 81.8 Å². The molecule has 0 amide bonds. The predicted octanol–water partition coefficient (Wildman–Crippen LogP) is 0.705. The number of methoxy groups -OCH3 is 1. The third kappa shape index (κ3) is 2.65. The molecule has 0 bridgehead atoms. The summed E-state index contributed by atoms with van der Waals surface area (Å²) < 4.78 is 23.2. The molecule has 0 saturated heterocycles. The fraction of sp³-hybridized carbons (Fsp3) is 0.444. The number of pyridine rings is 1. The van der Waals surface area contributed by atoms with Gasteiger partial charge in [0.25, 0.3) is 5.88 Å². The van der Waals surface area contributed by atoms with Gasteiger partial charge in [0.05, 0.1) is 6.61 Å². The lowest BCUT2D eigenvalue weighted by molar-refractivity contribution is 0.140. The Morgan fingerprint density at radius 2 is 2.29 bits per heavy atom. The first-order valence-corrected chi connectivity index (χ1v) is 4.24. The van der Waals surface area contributed by atoms with Crippen LogP contribution in [0, 0.1) is 5.82 Å². The highest BCUT2D eigenvalue weighted by Gasteiger charge is 2.08. The van der Waals surface area contributed by atoms with Crippen molar-refractivity contribution in [2.75, 3.05) is 20.3 Å². The summed E-state index contributed by atoms with van der Waals surface area (Å²) in [6.45, 7) is 0.803. The zero-order valence-electron chi connectivity index (χ0n) is 8.00. The number of nitrogens with two attached hydrogens (primary N) is 1. The lowest BCUT2D eigenvalue weighted by Crippen LogP contribution is -2.09. The van der Waals surface area contributed by atoms with E-state index in [1.165, 1.54) is 12.3 Å². The van der Waals surface area contributed by atoms with Crippen molar-refractivity contribution in [1.29, 1.82) is 0 Å². The summed E-state index contributed by atoms with van der Waals surface area (Å²) >= 11 is 0. The molecule has 2 N–H and O–H groups in total. The molecule has 0 atom stereocenters. The van der Waals surface area contributed by atoms with Crippen LogP contribution in [0.3, 0.4) is 0 Å². The number of nitrogens with zero attached hydrogens (tertiary/aromatic N) is 1. The summed E-state index contributed by atoms with van der Waals surface area (Å²) in [5.41, 5.74) is 5.72. The molecule has 5 heteroatoms. The van der Waals surface area contributed by atoms with Gasteiger partial charge in [-0.05, 0) is 6.07 Å². The molecule has 0 aromatic carbocycles. The minimum Gasteiger partial charge on any atom is -0.473 e. The van der Waals surface area contributed by atoms with Crippen LogP contribution < -0.4 is 10.5 Å². The van der Waals surface area contributed by atoms with Crippen LogP contribution in [-0.4, -0.2) is 25.3 Å². The Hall–Kier alpha value is -1.20. The SMILES string of the molecule is COCCOc1nccc(CN)c1F. The van der Waals surface area contributed by atoms with E-state index in [1.807, 2.05) is 0 Å². The van der Waals surface area contributed by atoms with Gasteiger partial charge in [-0.25, -0.2) is 9.37 Å². The summed E-state index contributed by atoms with van der Waals surface area (Å²) in [5, 5.41) is 0. The van der Waals surface area contributed by atoms with Gasteiger partial charge < -0.3 is 15.2 Å². The summed E-state index contributed by atoms with van der Waals surface area (Å²) in [7, 11) is 1.55. The van der Waals surface area contributed by atoms with E-state index in [1.54, 1.807) is 7.11 Å². The van der Waals surface area contributed by atoms with Crippen LogP contribution in [0.4, 0.5) is 4.39 Å². The largest absolute Gasteiger partial charge is 0.473 e. The molecule has 0 aliphatic heterocycles. The highest BCUT2D eigenvalue weighted by molar-refractivity contribution is 5.23. The molecule has 4 nitrogen and oxygen atoms in total. The van der Waals surface area contributed by atoms with Crippen molar-refractivity contribution >= 4 is 0 Å². The summed E-state index contributed by atoms with van der Waals surface area (Å²) in [4.78, 5) is 3.75. The fourth-order valence-corrected chi connectivity index (χ4v) is 0.942. The average Bonchev–Trinajstić information content (AvgIpc) is 2.21. The maximum atomic E-state index is 13.4. The van der Waals surface area contributed by atoms with Crippen LogP contribution in [0.25, 0.3) is 0 Å². The fourth-order valence-electron chi connectivity index (χ4n) is 0.942. The molecule has 1 aromatic rings. The van der Waals surface area contributed by atoms with E-state index in [2.05, 4.69) is 4.98 Å². The van der Waals surface area contributed by atoms with Gasteiger partial charge in [-0.2, -0.15) is 0 Å². The lowest BCUT2D eigenvalue weighted by Gasteiger charge is -2.07. The molecule has 0 saturated carbocycles.